The van der Waals surface area contributed by atoms with Crippen LogP contribution in [0.4, 0.5) is 4.39 Å². The zero-order valence-corrected chi connectivity index (χ0v) is 10.9. The third-order valence-electron chi connectivity index (χ3n) is 2.48. The predicted molar refractivity (Wildman–Crippen MR) is 70.4 cm³/mol. The van der Waals surface area contributed by atoms with Crippen molar-refractivity contribution in [3.8, 4) is 11.5 Å². The Morgan fingerprint density at radius 1 is 1.22 bits per heavy atom. The van der Waals surface area contributed by atoms with Crippen molar-refractivity contribution in [1.29, 1.82) is 0 Å². The van der Waals surface area contributed by atoms with Crippen molar-refractivity contribution in [2.45, 2.75) is 6.92 Å². The number of benzene rings is 1. The van der Waals surface area contributed by atoms with Crippen molar-refractivity contribution in [2.75, 3.05) is 0 Å². The van der Waals surface area contributed by atoms with Crippen LogP contribution in [0.2, 0.25) is 5.15 Å². The summed E-state index contributed by atoms with van der Waals surface area (Å²) < 4.78 is 13.7. The van der Waals surface area contributed by atoms with Crippen molar-refractivity contribution >= 4 is 33.8 Å². The molecule has 0 aliphatic carbocycles. The van der Waals surface area contributed by atoms with Gasteiger partial charge in [0, 0.05) is 10.8 Å². The Hall–Kier alpha value is -1.59. The van der Waals surface area contributed by atoms with Gasteiger partial charge in [-0.2, -0.15) is 0 Å². The SMILES string of the molecule is Cc1nc(-c2nc(Cl)c3cccc(F)c3n2)cs1. The third-order valence-corrected chi connectivity index (χ3v) is 3.54. The molecule has 2 heterocycles. The highest BCUT2D eigenvalue weighted by molar-refractivity contribution is 7.09. The highest BCUT2D eigenvalue weighted by atomic mass is 35.5. The molecule has 0 N–H and O–H groups in total. The van der Waals surface area contributed by atoms with Crippen LogP contribution >= 0.6 is 22.9 Å². The van der Waals surface area contributed by atoms with E-state index in [0.717, 1.165) is 5.01 Å². The van der Waals surface area contributed by atoms with Gasteiger partial charge < -0.3 is 0 Å². The molecule has 0 bridgehead atoms. The molecule has 2 aromatic heterocycles. The Morgan fingerprint density at radius 2 is 2.06 bits per heavy atom. The van der Waals surface area contributed by atoms with E-state index in [-0.39, 0.29) is 10.7 Å². The number of fused-ring (bicyclic) bond motifs is 1. The molecule has 0 fully saturated rings. The van der Waals surface area contributed by atoms with E-state index in [9.17, 15) is 4.39 Å². The first-order valence-corrected chi connectivity index (χ1v) is 6.45. The first-order chi connectivity index (χ1) is 8.65. The second kappa shape index (κ2) is 4.26. The lowest BCUT2D eigenvalue weighted by Crippen LogP contribution is -1.94. The average molecular weight is 280 g/mol. The molecule has 0 aliphatic heterocycles. The number of hydrogen-bond acceptors (Lipinski definition) is 4. The van der Waals surface area contributed by atoms with Gasteiger partial charge in [-0.25, -0.2) is 19.3 Å². The number of halogens is 2. The molecule has 0 amide bonds. The van der Waals surface area contributed by atoms with Crippen molar-refractivity contribution in [1.82, 2.24) is 15.0 Å². The topological polar surface area (TPSA) is 38.7 Å². The van der Waals surface area contributed by atoms with Gasteiger partial charge in [-0.3, -0.25) is 0 Å². The van der Waals surface area contributed by atoms with E-state index in [1.807, 2.05) is 12.3 Å². The lowest BCUT2D eigenvalue weighted by atomic mass is 10.2. The van der Waals surface area contributed by atoms with E-state index in [1.165, 1.54) is 17.4 Å². The van der Waals surface area contributed by atoms with Gasteiger partial charge in [-0.15, -0.1) is 11.3 Å². The Morgan fingerprint density at radius 3 is 2.78 bits per heavy atom. The van der Waals surface area contributed by atoms with Crippen LogP contribution in [0.3, 0.4) is 0 Å². The second-order valence-electron chi connectivity index (χ2n) is 3.73. The summed E-state index contributed by atoms with van der Waals surface area (Å²) in [6.45, 7) is 1.89. The van der Waals surface area contributed by atoms with Gasteiger partial charge in [0.05, 0.1) is 5.01 Å². The molecule has 0 saturated carbocycles. The number of rotatable bonds is 1. The number of aromatic nitrogens is 3. The minimum atomic E-state index is -0.412. The molecule has 0 saturated heterocycles. The molecular formula is C12H7ClFN3S. The Bertz CT molecular complexity index is 741. The number of para-hydroxylation sites is 1. The third kappa shape index (κ3) is 1.85. The predicted octanol–water partition coefficient (Wildman–Crippen LogP) is 3.85. The van der Waals surface area contributed by atoms with E-state index in [0.29, 0.717) is 16.9 Å². The maximum atomic E-state index is 13.7. The molecule has 90 valence electrons. The summed E-state index contributed by atoms with van der Waals surface area (Å²) >= 11 is 7.54. The standard InChI is InChI=1S/C12H7ClFN3S/c1-6-15-9(5-18-6)12-16-10-7(11(13)17-12)3-2-4-8(10)14/h2-5H,1H3. The van der Waals surface area contributed by atoms with E-state index >= 15 is 0 Å². The van der Waals surface area contributed by atoms with E-state index < -0.39 is 5.82 Å². The van der Waals surface area contributed by atoms with Crippen LogP contribution in [-0.2, 0) is 0 Å². The van der Waals surface area contributed by atoms with Gasteiger partial charge in [0.15, 0.2) is 5.82 Å². The monoisotopic (exact) mass is 279 g/mol. The van der Waals surface area contributed by atoms with Gasteiger partial charge in [-0.05, 0) is 19.1 Å². The van der Waals surface area contributed by atoms with Crippen molar-refractivity contribution in [3.05, 3.63) is 39.6 Å². The molecule has 3 rings (SSSR count). The fourth-order valence-corrected chi connectivity index (χ4v) is 2.48. The van der Waals surface area contributed by atoms with Crippen LogP contribution < -0.4 is 0 Å². The molecule has 0 radical (unpaired) electrons. The average Bonchev–Trinajstić information content (AvgIpc) is 2.77. The smallest absolute Gasteiger partial charge is 0.181 e. The molecule has 0 aliphatic rings. The lowest BCUT2D eigenvalue weighted by molar-refractivity contribution is 0.636. The molecule has 18 heavy (non-hydrogen) atoms. The summed E-state index contributed by atoms with van der Waals surface area (Å²) in [7, 11) is 0. The van der Waals surface area contributed by atoms with Crippen molar-refractivity contribution in [2.24, 2.45) is 0 Å². The highest BCUT2D eigenvalue weighted by Gasteiger charge is 2.12. The second-order valence-corrected chi connectivity index (χ2v) is 5.15. The normalized spacial score (nSPS) is 11.1. The maximum Gasteiger partial charge on any atom is 0.181 e. The summed E-state index contributed by atoms with van der Waals surface area (Å²) in [6, 6.07) is 4.62. The number of aryl methyl sites for hydroxylation is 1. The fraction of sp³-hybridized carbons (Fsp3) is 0.0833. The summed E-state index contributed by atoms with van der Waals surface area (Å²) in [5.74, 6) is -0.0630. The van der Waals surface area contributed by atoms with Crippen LogP contribution in [0.5, 0.6) is 0 Å². The summed E-state index contributed by atoms with van der Waals surface area (Å²) in [5, 5.41) is 3.47. The molecular weight excluding hydrogens is 273 g/mol. The quantitative estimate of drug-likeness (QED) is 0.635. The van der Waals surface area contributed by atoms with Gasteiger partial charge in [-0.1, -0.05) is 17.7 Å². The summed E-state index contributed by atoms with van der Waals surface area (Å²) in [5.41, 5.74) is 0.836. The zero-order valence-electron chi connectivity index (χ0n) is 9.32. The van der Waals surface area contributed by atoms with Gasteiger partial charge in [0.25, 0.3) is 0 Å². The largest absolute Gasteiger partial charge is 0.238 e. The van der Waals surface area contributed by atoms with Gasteiger partial charge in [0.2, 0.25) is 0 Å². The lowest BCUT2D eigenvalue weighted by Gasteiger charge is -2.03. The van der Waals surface area contributed by atoms with Gasteiger partial charge in [0.1, 0.15) is 22.2 Å². The zero-order chi connectivity index (χ0) is 12.7. The first kappa shape index (κ1) is 11.5. The maximum absolute atomic E-state index is 13.7. The summed E-state index contributed by atoms with van der Waals surface area (Å²) in [4.78, 5) is 12.6. The molecule has 3 aromatic rings. The molecule has 6 heteroatoms. The van der Waals surface area contributed by atoms with Crippen LogP contribution in [0.15, 0.2) is 23.6 Å². The van der Waals surface area contributed by atoms with Crippen LogP contribution in [0.1, 0.15) is 5.01 Å². The molecule has 3 nitrogen and oxygen atoms in total. The first-order valence-electron chi connectivity index (χ1n) is 5.19. The Balaban J connectivity index is 2.29. The number of nitrogens with zero attached hydrogens (tertiary/aromatic N) is 3. The molecule has 0 unspecified atom stereocenters. The van der Waals surface area contributed by atoms with E-state index in [1.54, 1.807) is 12.1 Å². The number of hydrogen-bond donors (Lipinski definition) is 0. The van der Waals surface area contributed by atoms with E-state index in [2.05, 4.69) is 15.0 Å². The summed E-state index contributed by atoms with van der Waals surface area (Å²) in [6.07, 6.45) is 0. The Kier molecular flexibility index (Phi) is 2.72. The highest BCUT2D eigenvalue weighted by Crippen LogP contribution is 2.26. The molecule has 1 aromatic carbocycles. The molecule has 0 atom stereocenters. The minimum Gasteiger partial charge on any atom is -0.238 e. The minimum absolute atomic E-state index is 0.221. The van der Waals surface area contributed by atoms with Crippen LogP contribution in [0, 0.1) is 12.7 Å². The van der Waals surface area contributed by atoms with Gasteiger partial charge >= 0.3 is 0 Å². The molecule has 0 spiro atoms. The van der Waals surface area contributed by atoms with Crippen LogP contribution in [0.25, 0.3) is 22.4 Å². The fourth-order valence-electron chi connectivity index (χ4n) is 1.66. The van der Waals surface area contributed by atoms with Crippen molar-refractivity contribution in [3.63, 3.8) is 0 Å². The van der Waals surface area contributed by atoms with Crippen LogP contribution in [-0.4, -0.2) is 15.0 Å². The Labute approximate surface area is 111 Å². The van der Waals surface area contributed by atoms with Crippen molar-refractivity contribution < 1.29 is 4.39 Å². The van der Waals surface area contributed by atoms with E-state index in [4.69, 9.17) is 11.6 Å². The number of thiazole rings is 1.